The first-order valence-electron chi connectivity index (χ1n) is 7.96. The first-order valence-corrected chi connectivity index (χ1v) is 11.1. The second kappa shape index (κ2) is 9.93. The summed E-state index contributed by atoms with van der Waals surface area (Å²) in [6.07, 6.45) is 4.24. The van der Waals surface area contributed by atoms with Gasteiger partial charge < -0.3 is 4.74 Å². The van der Waals surface area contributed by atoms with Crippen molar-refractivity contribution in [1.29, 1.82) is 0 Å². The fraction of sp³-hybridized carbons (Fsp3) is 1.00. The van der Waals surface area contributed by atoms with E-state index < -0.39 is 30.0 Å². The minimum absolute atomic E-state index is 0.395. The summed E-state index contributed by atoms with van der Waals surface area (Å²) in [6.45, 7) is 6.11. The van der Waals surface area contributed by atoms with Crippen LogP contribution in [0.3, 0.4) is 0 Å². The Labute approximate surface area is 141 Å². The standard InChI is InChI=1S/C14H32N2O5S2/c1-13(22(17,18)16-4)9-5-7-11-21-12-8-6-10-14(2,3)23(15,19)20/h13,16H,5-12H2,1-4H3,(H2,15,19,20). The van der Waals surface area contributed by atoms with Gasteiger partial charge in [-0.3, -0.25) is 0 Å². The molecule has 0 heterocycles. The average molecular weight is 373 g/mol. The topological polar surface area (TPSA) is 116 Å². The number of ether oxygens (including phenoxy) is 1. The summed E-state index contributed by atoms with van der Waals surface area (Å²) in [5.74, 6) is 0. The minimum atomic E-state index is -3.52. The van der Waals surface area contributed by atoms with Gasteiger partial charge in [-0.15, -0.1) is 0 Å². The molecule has 7 nitrogen and oxygen atoms in total. The summed E-state index contributed by atoms with van der Waals surface area (Å²) in [5, 5.41) is 4.77. The highest BCUT2D eigenvalue weighted by Gasteiger charge is 2.29. The fourth-order valence-electron chi connectivity index (χ4n) is 1.99. The number of unbranched alkanes of at least 4 members (excludes halogenated alkanes) is 2. The van der Waals surface area contributed by atoms with Crippen LogP contribution in [0, 0.1) is 0 Å². The molecule has 0 radical (unpaired) electrons. The van der Waals surface area contributed by atoms with Crippen LogP contribution in [-0.2, 0) is 24.8 Å². The molecule has 0 aromatic carbocycles. The Morgan fingerprint density at radius 3 is 2.04 bits per heavy atom. The number of nitrogens with one attached hydrogen (secondary N) is 1. The van der Waals surface area contributed by atoms with Crippen molar-refractivity contribution in [3.05, 3.63) is 0 Å². The lowest BCUT2D eigenvalue weighted by molar-refractivity contribution is 0.125. The van der Waals surface area contributed by atoms with Gasteiger partial charge in [0.05, 0.1) is 10.00 Å². The molecule has 0 spiro atoms. The predicted octanol–water partition coefficient (Wildman–Crippen LogP) is 1.35. The number of rotatable bonds is 13. The first-order chi connectivity index (χ1) is 10.4. The molecule has 0 aromatic rings. The van der Waals surface area contributed by atoms with Gasteiger partial charge in [-0.05, 0) is 66.3 Å². The molecule has 0 aliphatic rings. The van der Waals surface area contributed by atoms with Gasteiger partial charge in [-0.25, -0.2) is 26.7 Å². The van der Waals surface area contributed by atoms with E-state index in [9.17, 15) is 16.8 Å². The lowest BCUT2D eigenvalue weighted by Crippen LogP contribution is -2.37. The Balaban J connectivity index is 3.66. The Kier molecular flexibility index (Phi) is 9.83. The molecule has 0 aromatic heterocycles. The van der Waals surface area contributed by atoms with Crippen LogP contribution in [0.4, 0.5) is 0 Å². The summed E-state index contributed by atoms with van der Waals surface area (Å²) in [6, 6.07) is 0. The van der Waals surface area contributed by atoms with E-state index in [1.165, 1.54) is 7.05 Å². The molecule has 0 saturated carbocycles. The lowest BCUT2D eigenvalue weighted by Gasteiger charge is -2.21. The van der Waals surface area contributed by atoms with Crippen molar-refractivity contribution in [3.63, 3.8) is 0 Å². The van der Waals surface area contributed by atoms with E-state index in [0.717, 1.165) is 25.7 Å². The van der Waals surface area contributed by atoms with Crippen molar-refractivity contribution in [2.24, 2.45) is 5.14 Å². The predicted molar refractivity (Wildman–Crippen MR) is 93.1 cm³/mol. The van der Waals surface area contributed by atoms with Gasteiger partial charge in [0.2, 0.25) is 20.0 Å². The van der Waals surface area contributed by atoms with E-state index in [2.05, 4.69) is 4.72 Å². The molecule has 0 bridgehead atoms. The average Bonchev–Trinajstić information content (AvgIpc) is 2.43. The molecule has 0 aliphatic heterocycles. The Hall–Kier alpha value is -0.220. The monoisotopic (exact) mass is 372 g/mol. The Morgan fingerprint density at radius 2 is 1.57 bits per heavy atom. The molecule has 1 atom stereocenters. The van der Waals surface area contributed by atoms with Crippen molar-refractivity contribution in [3.8, 4) is 0 Å². The van der Waals surface area contributed by atoms with Gasteiger partial charge in [0.15, 0.2) is 0 Å². The summed E-state index contributed by atoms with van der Waals surface area (Å²) in [4.78, 5) is 0. The molecule has 0 rings (SSSR count). The summed E-state index contributed by atoms with van der Waals surface area (Å²) in [5.41, 5.74) is 0. The van der Waals surface area contributed by atoms with Gasteiger partial charge in [-0.1, -0.05) is 0 Å². The van der Waals surface area contributed by atoms with Gasteiger partial charge in [-0.2, -0.15) is 0 Å². The van der Waals surface area contributed by atoms with Gasteiger partial charge in [0.25, 0.3) is 0 Å². The van der Waals surface area contributed by atoms with Crippen LogP contribution in [-0.4, -0.2) is 47.1 Å². The molecule has 23 heavy (non-hydrogen) atoms. The SMILES string of the molecule is CNS(=O)(=O)C(C)CCCCOCCCCC(C)(C)S(N)(=O)=O. The molecule has 140 valence electrons. The van der Waals surface area contributed by atoms with Crippen LogP contribution in [0.25, 0.3) is 0 Å². The highest BCUT2D eigenvalue weighted by molar-refractivity contribution is 7.90. The van der Waals surface area contributed by atoms with Crippen LogP contribution in [0.1, 0.15) is 59.3 Å². The maximum absolute atomic E-state index is 11.5. The number of hydrogen-bond donors (Lipinski definition) is 2. The minimum Gasteiger partial charge on any atom is -0.381 e. The van der Waals surface area contributed by atoms with Crippen molar-refractivity contribution in [2.45, 2.75) is 69.3 Å². The molecule has 3 N–H and O–H groups in total. The molecular weight excluding hydrogens is 340 g/mol. The largest absolute Gasteiger partial charge is 0.381 e. The van der Waals surface area contributed by atoms with E-state index in [-0.39, 0.29) is 0 Å². The van der Waals surface area contributed by atoms with Crippen LogP contribution >= 0.6 is 0 Å². The zero-order valence-electron chi connectivity index (χ0n) is 14.7. The number of primary sulfonamides is 1. The summed E-state index contributed by atoms with van der Waals surface area (Å²) in [7, 11) is -5.28. The molecule has 1 unspecified atom stereocenters. The lowest BCUT2D eigenvalue weighted by atomic mass is 10.1. The maximum atomic E-state index is 11.5. The van der Waals surface area contributed by atoms with E-state index in [1.807, 2.05) is 0 Å². The third-order valence-electron chi connectivity index (χ3n) is 4.05. The molecule has 0 aliphatic carbocycles. The third-order valence-corrected chi connectivity index (χ3v) is 7.66. The maximum Gasteiger partial charge on any atom is 0.214 e. The van der Waals surface area contributed by atoms with Crippen molar-refractivity contribution >= 4 is 20.0 Å². The first kappa shape index (κ1) is 22.8. The Bertz CT molecular complexity index is 529. The second-order valence-corrected chi connectivity index (χ2v) is 10.9. The molecule has 0 fully saturated rings. The number of sulfonamides is 2. The van der Waals surface area contributed by atoms with Gasteiger partial charge in [0, 0.05) is 13.2 Å². The van der Waals surface area contributed by atoms with Gasteiger partial charge in [0.1, 0.15) is 0 Å². The molecular formula is C14H32N2O5S2. The molecule has 0 saturated heterocycles. The number of nitrogens with two attached hydrogens (primary N) is 1. The quantitative estimate of drug-likeness (QED) is 0.473. The third kappa shape index (κ3) is 8.99. The van der Waals surface area contributed by atoms with Crippen LogP contribution in [0.15, 0.2) is 0 Å². The van der Waals surface area contributed by atoms with E-state index in [1.54, 1.807) is 20.8 Å². The van der Waals surface area contributed by atoms with E-state index >= 15 is 0 Å². The van der Waals surface area contributed by atoms with Gasteiger partial charge >= 0.3 is 0 Å². The second-order valence-electron chi connectivity index (χ2n) is 6.43. The summed E-state index contributed by atoms with van der Waals surface area (Å²) < 4.78 is 52.6. The zero-order chi connectivity index (χ0) is 18.1. The molecule has 9 heteroatoms. The smallest absolute Gasteiger partial charge is 0.214 e. The van der Waals surface area contributed by atoms with Crippen molar-refractivity contribution in [1.82, 2.24) is 4.72 Å². The Morgan fingerprint density at radius 1 is 1.04 bits per heavy atom. The van der Waals surface area contributed by atoms with Crippen molar-refractivity contribution < 1.29 is 21.6 Å². The fourth-order valence-corrected chi connectivity index (χ4v) is 3.30. The highest BCUT2D eigenvalue weighted by Crippen LogP contribution is 2.20. The van der Waals surface area contributed by atoms with E-state index in [4.69, 9.17) is 9.88 Å². The zero-order valence-corrected chi connectivity index (χ0v) is 16.3. The van der Waals surface area contributed by atoms with Crippen molar-refractivity contribution in [2.75, 3.05) is 20.3 Å². The van der Waals surface area contributed by atoms with Crippen LogP contribution in [0.2, 0.25) is 0 Å². The van der Waals surface area contributed by atoms with Crippen LogP contribution in [0.5, 0.6) is 0 Å². The normalized spacial score (nSPS) is 14.8. The highest BCUT2D eigenvalue weighted by atomic mass is 32.2. The molecule has 0 amide bonds. The summed E-state index contributed by atoms with van der Waals surface area (Å²) >= 11 is 0. The number of hydrogen-bond acceptors (Lipinski definition) is 5. The van der Waals surface area contributed by atoms with Crippen LogP contribution < -0.4 is 9.86 Å². The van der Waals surface area contributed by atoms with E-state index in [0.29, 0.717) is 26.1 Å².